The molecule has 0 aliphatic heterocycles. The Morgan fingerprint density at radius 3 is 1.57 bits per heavy atom. The van der Waals surface area contributed by atoms with Crippen LogP contribution in [0.4, 0.5) is 0 Å². The predicted molar refractivity (Wildman–Crippen MR) is 30.7 cm³/mol. The Hall–Kier alpha value is -0.850. The first-order valence-corrected chi connectivity index (χ1v) is 1.85. The summed E-state index contributed by atoms with van der Waals surface area (Å²) in [4.78, 5) is 3.78. The highest BCUT2D eigenvalue weighted by molar-refractivity contribution is 4.88. The highest BCUT2D eigenvalue weighted by Gasteiger charge is 1.58. The van der Waals surface area contributed by atoms with Crippen LogP contribution < -0.4 is 0 Å². The van der Waals surface area contributed by atoms with Crippen molar-refractivity contribution >= 4 is 0 Å². The van der Waals surface area contributed by atoms with Crippen LogP contribution in [0.3, 0.4) is 0 Å². The number of rotatable bonds is 0. The fourth-order valence-electron chi connectivity index (χ4n) is 0.313. The molecule has 0 aliphatic rings. The van der Waals surface area contributed by atoms with Gasteiger partial charge in [0.15, 0.2) is 0 Å². The van der Waals surface area contributed by atoms with Gasteiger partial charge >= 0.3 is 0 Å². The lowest BCUT2D eigenvalue weighted by Crippen LogP contribution is -1.58. The number of aromatic nitrogens is 1. The zero-order chi connectivity index (χ0) is 4.24. The van der Waals surface area contributed by atoms with Crippen LogP contribution in [-0.2, 0) is 0 Å². The molecule has 0 bridgehead atoms. The molecule has 1 rings (SSSR count). The molecular formula is C6H8N. The van der Waals surface area contributed by atoms with Crippen molar-refractivity contribution in [2.45, 2.75) is 0 Å². The van der Waals surface area contributed by atoms with Crippen molar-refractivity contribution in [2.75, 3.05) is 0 Å². The van der Waals surface area contributed by atoms with Gasteiger partial charge in [0.2, 0.25) is 0 Å². The van der Waals surface area contributed by atoms with Gasteiger partial charge in [-0.25, -0.2) is 0 Å². The monoisotopic (exact) mass is 94.1 g/mol. The Balaban J connectivity index is 0.000000360. The van der Waals surface area contributed by atoms with Crippen molar-refractivity contribution < 1.29 is 0 Å². The number of nitrogens with zero attached hydrogens (tertiary/aromatic N) is 1. The van der Waals surface area contributed by atoms with Crippen LogP contribution in [-0.4, -0.2) is 4.98 Å². The minimum Gasteiger partial charge on any atom is -0.265 e. The van der Waals surface area contributed by atoms with Gasteiger partial charge in [0.25, 0.3) is 0 Å². The molecule has 0 aliphatic carbocycles. The van der Waals surface area contributed by atoms with Crippen LogP contribution in [0.5, 0.6) is 0 Å². The van der Waals surface area contributed by atoms with Gasteiger partial charge in [-0.1, -0.05) is 13.5 Å². The summed E-state index contributed by atoms with van der Waals surface area (Å²) in [6.07, 6.45) is 3.50. The normalized spacial score (nSPS) is 6.86. The van der Waals surface area contributed by atoms with E-state index in [2.05, 4.69) is 4.98 Å². The molecule has 0 fully saturated rings. The molecule has 1 nitrogen and oxygen atoms in total. The number of hydrogen-bond donors (Lipinski definition) is 0. The molecule has 1 radical (unpaired) electrons. The van der Waals surface area contributed by atoms with Crippen molar-refractivity contribution in [1.29, 1.82) is 0 Å². The summed E-state index contributed by atoms with van der Waals surface area (Å²) in [7, 11) is 0. The summed E-state index contributed by atoms with van der Waals surface area (Å²) in [6, 6.07) is 5.72. The molecule has 1 aromatic rings. The molecule has 0 atom stereocenters. The van der Waals surface area contributed by atoms with Gasteiger partial charge in [0.05, 0.1) is 0 Å². The second-order valence-corrected chi connectivity index (χ2v) is 1.02. The standard InChI is InChI=1S/C5H5N.CH3/c1-2-4-6-5-3-1;/h1-5H;1H3. The Morgan fingerprint density at radius 1 is 0.857 bits per heavy atom. The topological polar surface area (TPSA) is 12.9 Å². The Morgan fingerprint density at radius 2 is 1.43 bits per heavy atom. The highest BCUT2D eigenvalue weighted by Crippen LogP contribution is 1.73. The molecular weight excluding hydrogens is 86.1 g/mol. The smallest absolute Gasteiger partial charge is 0.0267 e. The first-order chi connectivity index (χ1) is 3.00. The van der Waals surface area contributed by atoms with Crippen LogP contribution in [0, 0.1) is 7.43 Å². The van der Waals surface area contributed by atoms with E-state index >= 15 is 0 Å². The van der Waals surface area contributed by atoms with Gasteiger partial charge in [-0.05, 0) is 12.1 Å². The zero-order valence-corrected chi connectivity index (χ0v) is 4.33. The molecule has 0 aromatic carbocycles. The lowest BCUT2D eigenvalue weighted by Gasteiger charge is -1.70. The van der Waals surface area contributed by atoms with Crippen LogP contribution in [0.1, 0.15) is 0 Å². The van der Waals surface area contributed by atoms with Gasteiger partial charge in [0.1, 0.15) is 0 Å². The molecule has 0 N–H and O–H groups in total. The molecule has 0 spiro atoms. The fourth-order valence-corrected chi connectivity index (χ4v) is 0.313. The Kier molecular flexibility index (Phi) is 2.94. The number of hydrogen-bond acceptors (Lipinski definition) is 1. The van der Waals surface area contributed by atoms with Crippen molar-refractivity contribution in [3.8, 4) is 0 Å². The molecule has 7 heavy (non-hydrogen) atoms. The second kappa shape index (κ2) is 3.34. The molecule has 1 heteroatoms. The van der Waals surface area contributed by atoms with E-state index in [1.807, 2.05) is 18.2 Å². The average Bonchev–Trinajstić information content (AvgIpc) is 1.72. The van der Waals surface area contributed by atoms with Gasteiger partial charge in [-0.3, -0.25) is 4.98 Å². The summed E-state index contributed by atoms with van der Waals surface area (Å²) in [6.45, 7) is 0. The maximum Gasteiger partial charge on any atom is 0.0267 e. The zero-order valence-electron chi connectivity index (χ0n) is 4.33. The van der Waals surface area contributed by atoms with E-state index in [9.17, 15) is 0 Å². The van der Waals surface area contributed by atoms with Crippen molar-refractivity contribution in [3.63, 3.8) is 0 Å². The molecule has 1 heterocycles. The fraction of sp³-hybridized carbons (Fsp3) is 0. The molecule has 0 saturated heterocycles. The van der Waals surface area contributed by atoms with E-state index in [-0.39, 0.29) is 7.43 Å². The summed E-state index contributed by atoms with van der Waals surface area (Å²) in [5.74, 6) is 0. The van der Waals surface area contributed by atoms with Crippen LogP contribution in [0.25, 0.3) is 0 Å². The van der Waals surface area contributed by atoms with E-state index in [1.165, 1.54) is 0 Å². The largest absolute Gasteiger partial charge is 0.265 e. The van der Waals surface area contributed by atoms with Crippen LogP contribution in [0.15, 0.2) is 30.6 Å². The summed E-state index contributed by atoms with van der Waals surface area (Å²) in [5, 5.41) is 0. The lowest BCUT2D eigenvalue weighted by molar-refractivity contribution is 1.33. The number of pyridine rings is 1. The van der Waals surface area contributed by atoms with E-state index in [1.54, 1.807) is 12.4 Å². The van der Waals surface area contributed by atoms with Gasteiger partial charge < -0.3 is 0 Å². The highest BCUT2D eigenvalue weighted by atomic mass is 14.6. The first-order valence-electron chi connectivity index (χ1n) is 1.85. The molecule has 1 aromatic heterocycles. The van der Waals surface area contributed by atoms with E-state index < -0.39 is 0 Å². The van der Waals surface area contributed by atoms with Crippen molar-refractivity contribution in [2.24, 2.45) is 0 Å². The van der Waals surface area contributed by atoms with Crippen molar-refractivity contribution in [3.05, 3.63) is 38.0 Å². The predicted octanol–water partition coefficient (Wildman–Crippen LogP) is 1.53. The summed E-state index contributed by atoms with van der Waals surface area (Å²) < 4.78 is 0. The quantitative estimate of drug-likeness (QED) is 0.475. The van der Waals surface area contributed by atoms with Gasteiger partial charge in [0, 0.05) is 12.4 Å². The summed E-state index contributed by atoms with van der Waals surface area (Å²) >= 11 is 0. The minimum atomic E-state index is 0. The lowest BCUT2D eigenvalue weighted by atomic mass is 10.5. The maximum absolute atomic E-state index is 3.78. The average molecular weight is 94.1 g/mol. The third kappa shape index (κ3) is 1.93. The molecule has 37 valence electrons. The Bertz CT molecular complexity index is 76.1. The molecule has 0 unspecified atom stereocenters. The van der Waals surface area contributed by atoms with Gasteiger partial charge in [-0.15, -0.1) is 0 Å². The van der Waals surface area contributed by atoms with E-state index in [0.717, 1.165) is 0 Å². The van der Waals surface area contributed by atoms with E-state index in [4.69, 9.17) is 0 Å². The third-order valence-electron chi connectivity index (χ3n) is 0.566. The van der Waals surface area contributed by atoms with Crippen molar-refractivity contribution in [1.82, 2.24) is 4.98 Å². The Labute approximate surface area is 44.0 Å². The SMILES string of the molecule is [CH3].c1ccncc1. The molecule has 0 amide bonds. The first kappa shape index (κ1) is 6.15. The third-order valence-corrected chi connectivity index (χ3v) is 0.566. The van der Waals surface area contributed by atoms with E-state index in [0.29, 0.717) is 0 Å². The second-order valence-electron chi connectivity index (χ2n) is 1.02. The minimum absolute atomic E-state index is 0. The van der Waals surface area contributed by atoms with Gasteiger partial charge in [-0.2, -0.15) is 0 Å². The van der Waals surface area contributed by atoms with Crippen LogP contribution >= 0.6 is 0 Å². The maximum atomic E-state index is 3.78. The molecule has 0 saturated carbocycles. The summed E-state index contributed by atoms with van der Waals surface area (Å²) in [5.41, 5.74) is 0. The van der Waals surface area contributed by atoms with Crippen LogP contribution in [0.2, 0.25) is 0 Å².